The topological polar surface area (TPSA) is 70.2 Å². The van der Waals surface area contributed by atoms with Crippen molar-refractivity contribution in [2.75, 3.05) is 13.1 Å². The monoisotopic (exact) mass is 393 g/mol. The maximum absolute atomic E-state index is 12.7. The highest BCUT2D eigenvalue weighted by Crippen LogP contribution is 2.10. The second kappa shape index (κ2) is 10.3. The number of hydrogen-bond donors (Lipinski definition) is 3. The van der Waals surface area contributed by atoms with Gasteiger partial charge < -0.3 is 16.0 Å². The van der Waals surface area contributed by atoms with E-state index in [1.165, 1.54) is 11.3 Å². The summed E-state index contributed by atoms with van der Waals surface area (Å²) < 4.78 is 0. The molecule has 1 aromatic carbocycles. The smallest absolute Gasteiger partial charge is 0.262 e. The van der Waals surface area contributed by atoms with E-state index in [4.69, 9.17) is 0 Å². The third kappa shape index (κ3) is 5.83. The number of rotatable bonds is 7. The van der Waals surface area contributed by atoms with Crippen LogP contribution in [0.2, 0.25) is 0 Å². The molecule has 2 heterocycles. The van der Waals surface area contributed by atoms with Gasteiger partial charge in [-0.15, -0.1) is 23.7 Å². The van der Waals surface area contributed by atoms with E-state index in [1.807, 2.05) is 41.8 Å². The minimum absolute atomic E-state index is 0. The Morgan fingerprint density at radius 3 is 2.65 bits per heavy atom. The summed E-state index contributed by atoms with van der Waals surface area (Å²) in [5.74, 6) is -0.340. The zero-order valence-corrected chi connectivity index (χ0v) is 16.1. The van der Waals surface area contributed by atoms with Gasteiger partial charge in [0.2, 0.25) is 5.91 Å². The van der Waals surface area contributed by atoms with Crippen LogP contribution in [0.15, 0.2) is 47.8 Å². The second-order valence-corrected chi connectivity index (χ2v) is 7.18. The first-order valence-corrected chi connectivity index (χ1v) is 9.50. The largest absolute Gasteiger partial charge is 0.353 e. The van der Waals surface area contributed by atoms with Crippen LogP contribution in [-0.2, 0) is 11.2 Å². The molecule has 0 spiro atoms. The Hall–Kier alpha value is -1.89. The molecule has 0 bridgehead atoms. The van der Waals surface area contributed by atoms with Crippen molar-refractivity contribution in [3.63, 3.8) is 0 Å². The molecule has 2 atom stereocenters. The molecule has 1 aliphatic rings. The number of amides is 2. The first-order valence-electron chi connectivity index (χ1n) is 8.62. The van der Waals surface area contributed by atoms with E-state index >= 15 is 0 Å². The van der Waals surface area contributed by atoms with Crippen molar-refractivity contribution in [2.45, 2.75) is 31.3 Å². The summed E-state index contributed by atoms with van der Waals surface area (Å²) in [6, 6.07) is 13.1. The summed E-state index contributed by atoms with van der Waals surface area (Å²) in [5.41, 5.74) is 1.02. The summed E-state index contributed by atoms with van der Waals surface area (Å²) in [6.07, 6.45) is 2.69. The van der Waals surface area contributed by atoms with Crippen molar-refractivity contribution in [1.82, 2.24) is 16.0 Å². The molecule has 2 aromatic rings. The molecule has 3 rings (SSSR count). The van der Waals surface area contributed by atoms with Gasteiger partial charge in [-0.25, -0.2) is 0 Å². The van der Waals surface area contributed by atoms with Crippen LogP contribution in [0.25, 0.3) is 0 Å². The van der Waals surface area contributed by atoms with Gasteiger partial charge >= 0.3 is 0 Å². The maximum atomic E-state index is 12.7. The third-order valence-electron chi connectivity index (χ3n) is 4.33. The zero-order chi connectivity index (χ0) is 17.5. The van der Waals surface area contributed by atoms with Gasteiger partial charge in [-0.1, -0.05) is 36.4 Å². The van der Waals surface area contributed by atoms with Crippen molar-refractivity contribution >= 4 is 35.6 Å². The van der Waals surface area contributed by atoms with E-state index in [2.05, 4.69) is 16.0 Å². The maximum Gasteiger partial charge on any atom is 0.262 e. The number of halogens is 1. The van der Waals surface area contributed by atoms with Gasteiger partial charge in [0.05, 0.1) is 4.88 Å². The highest BCUT2D eigenvalue weighted by Gasteiger charge is 2.23. The van der Waals surface area contributed by atoms with E-state index in [0.29, 0.717) is 23.9 Å². The predicted octanol–water partition coefficient (Wildman–Crippen LogP) is 2.38. The number of benzene rings is 1. The van der Waals surface area contributed by atoms with E-state index < -0.39 is 6.04 Å². The Kier molecular flexibility index (Phi) is 8.09. The fraction of sp³-hybridized carbons (Fsp3) is 0.368. The average Bonchev–Trinajstić information content (AvgIpc) is 3.33. The summed E-state index contributed by atoms with van der Waals surface area (Å²) in [7, 11) is 0. The van der Waals surface area contributed by atoms with Gasteiger partial charge in [0.25, 0.3) is 5.91 Å². The summed E-state index contributed by atoms with van der Waals surface area (Å²) in [5, 5.41) is 11.1. The first kappa shape index (κ1) is 20.4. The molecule has 26 heavy (non-hydrogen) atoms. The molecule has 1 aliphatic heterocycles. The van der Waals surface area contributed by atoms with E-state index in [1.54, 1.807) is 6.07 Å². The van der Waals surface area contributed by atoms with E-state index in [-0.39, 0.29) is 24.2 Å². The van der Waals surface area contributed by atoms with Gasteiger partial charge in [-0.3, -0.25) is 9.59 Å². The van der Waals surface area contributed by atoms with Crippen LogP contribution in [0.1, 0.15) is 28.1 Å². The molecule has 0 radical (unpaired) electrons. The molecule has 2 unspecified atom stereocenters. The Morgan fingerprint density at radius 1 is 1.19 bits per heavy atom. The van der Waals surface area contributed by atoms with Crippen molar-refractivity contribution in [3.05, 3.63) is 58.3 Å². The standard InChI is InChI=1S/C19H23N3O2S.ClH/c23-18(21-13-15-8-4-10-20-15)16(12-14-6-2-1-3-7-14)22-19(24)17-9-5-11-25-17;/h1-3,5-7,9,11,15-16,20H,4,8,10,12-13H2,(H,21,23)(H,22,24);1H. The fourth-order valence-corrected chi connectivity index (χ4v) is 3.60. The van der Waals surface area contributed by atoms with Crippen molar-refractivity contribution in [3.8, 4) is 0 Å². The molecule has 0 saturated carbocycles. The molecule has 3 N–H and O–H groups in total. The average molecular weight is 394 g/mol. The number of carbonyl (C=O) groups excluding carboxylic acids is 2. The molecule has 1 aromatic heterocycles. The summed E-state index contributed by atoms with van der Waals surface area (Å²) >= 11 is 1.37. The summed E-state index contributed by atoms with van der Waals surface area (Å²) in [4.78, 5) is 25.7. The van der Waals surface area contributed by atoms with Gasteiger partial charge in [-0.05, 0) is 36.4 Å². The van der Waals surface area contributed by atoms with Crippen LogP contribution in [-0.4, -0.2) is 37.0 Å². The van der Waals surface area contributed by atoms with E-state index in [0.717, 1.165) is 24.9 Å². The van der Waals surface area contributed by atoms with Crippen molar-refractivity contribution in [1.29, 1.82) is 0 Å². The van der Waals surface area contributed by atoms with Crippen LogP contribution in [0.3, 0.4) is 0 Å². The Bertz CT molecular complexity index is 688. The predicted molar refractivity (Wildman–Crippen MR) is 107 cm³/mol. The minimum Gasteiger partial charge on any atom is -0.353 e. The molecule has 1 saturated heterocycles. The molecule has 140 valence electrons. The first-order chi connectivity index (χ1) is 12.2. The minimum atomic E-state index is -0.585. The molecule has 5 nitrogen and oxygen atoms in total. The van der Waals surface area contributed by atoms with E-state index in [9.17, 15) is 9.59 Å². The highest BCUT2D eigenvalue weighted by atomic mass is 35.5. The number of carbonyl (C=O) groups is 2. The second-order valence-electron chi connectivity index (χ2n) is 6.23. The normalized spacial score (nSPS) is 17.2. The molecular formula is C19H24ClN3O2S. The van der Waals surface area contributed by atoms with Gasteiger partial charge in [0.15, 0.2) is 0 Å². The molecule has 2 amide bonds. The SMILES string of the molecule is Cl.O=C(NC(Cc1ccccc1)C(=O)NCC1CCCN1)c1cccs1. The van der Waals surface area contributed by atoms with Crippen LogP contribution in [0.5, 0.6) is 0 Å². The number of nitrogens with one attached hydrogen (secondary N) is 3. The van der Waals surface area contributed by atoms with Crippen LogP contribution in [0, 0.1) is 0 Å². The Labute approximate surface area is 164 Å². The Balaban J connectivity index is 0.00000243. The van der Waals surface area contributed by atoms with Crippen molar-refractivity contribution in [2.24, 2.45) is 0 Å². The third-order valence-corrected chi connectivity index (χ3v) is 5.20. The van der Waals surface area contributed by atoms with Crippen LogP contribution < -0.4 is 16.0 Å². The number of hydrogen-bond acceptors (Lipinski definition) is 4. The van der Waals surface area contributed by atoms with Gasteiger partial charge in [-0.2, -0.15) is 0 Å². The van der Waals surface area contributed by atoms with Gasteiger partial charge in [0, 0.05) is 19.0 Å². The highest BCUT2D eigenvalue weighted by molar-refractivity contribution is 7.12. The lowest BCUT2D eigenvalue weighted by Crippen LogP contribution is -2.50. The molecule has 0 aliphatic carbocycles. The molecule has 7 heteroatoms. The lowest BCUT2D eigenvalue weighted by molar-refractivity contribution is -0.123. The van der Waals surface area contributed by atoms with Crippen LogP contribution in [0.4, 0.5) is 0 Å². The quantitative estimate of drug-likeness (QED) is 0.676. The zero-order valence-electron chi connectivity index (χ0n) is 14.4. The lowest BCUT2D eigenvalue weighted by atomic mass is 10.0. The molecule has 1 fully saturated rings. The summed E-state index contributed by atoms with van der Waals surface area (Å²) in [6.45, 7) is 1.60. The van der Waals surface area contributed by atoms with Crippen LogP contribution >= 0.6 is 23.7 Å². The fourth-order valence-electron chi connectivity index (χ4n) is 2.97. The molecular weight excluding hydrogens is 370 g/mol. The number of thiophene rings is 1. The Morgan fingerprint density at radius 2 is 2.00 bits per heavy atom. The van der Waals surface area contributed by atoms with Crippen molar-refractivity contribution < 1.29 is 9.59 Å². The van der Waals surface area contributed by atoms with Gasteiger partial charge in [0.1, 0.15) is 6.04 Å². The lowest BCUT2D eigenvalue weighted by Gasteiger charge is -2.20.